The summed E-state index contributed by atoms with van der Waals surface area (Å²) in [5, 5.41) is 14.4. The molecule has 0 fully saturated rings. The highest BCUT2D eigenvalue weighted by molar-refractivity contribution is 5.14. The van der Waals surface area contributed by atoms with Crippen LogP contribution in [0.3, 0.4) is 0 Å². The largest absolute Gasteiger partial charge is 0.386 e. The smallest absolute Gasteiger partial charge is 0.101 e. The Kier molecular flexibility index (Phi) is 3.54. The Bertz CT molecular complexity index is 479. The Morgan fingerprint density at radius 2 is 2.24 bits per heavy atom. The van der Waals surface area contributed by atoms with Gasteiger partial charge in [0.15, 0.2) is 0 Å². The summed E-state index contributed by atoms with van der Waals surface area (Å²) >= 11 is 0. The summed E-state index contributed by atoms with van der Waals surface area (Å²) in [5.41, 5.74) is 2.78. The molecule has 0 aromatic carbocycles. The Morgan fingerprint density at radius 1 is 1.41 bits per heavy atom. The molecule has 0 bridgehead atoms. The summed E-state index contributed by atoms with van der Waals surface area (Å²) < 4.78 is 1.82. The molecule has 0 amide bonds. The topological polar surface area (TPSA) is 50.9 Å². The maximum absolute atomic E-state index is 10.1. The van der Waals surface area contributed by atoms with E-state index < -0.39 is 6.10 Å². The van der Waals surface area contributed by atoms with Crippen molar-refractivity contribution in [3.8, 4) is 0 Å². The van der Waals surface area contributed by atoms with Crippen LogP contribution in [0.15, 0.2) is 30.5 Å². The first-order valence-corrected chi connectivity index (χ1v) is 5.81. The van der Waals surface area contributed by atoms with Crippen LogP contribution in [0.25, 0.3) is 0 Å². The molecule has 90 valence electrons. The zero-order valence-electron chi connectivity index (χ0n) is 10.2. The SMILES string of the molecule is CCc1cc(CC(O)c2ccccn2)n(C)n1. The quantitative estimate of drug-likeness (QED) is 0.870. The fourth-order valence-corrected chi connectivity index (χ4v) is 1.81. The van der Waals surface area contributed by atoms with Crippen molar-refractivity contribution in [2.75, 3.05) is 0 Å². The van der Waals surface area contributed by atoms with Gasteiger partial charge in [-0.3, -0.25) is 9.67 Å². The molecular formula is C13H17N3O. The number of aliphatic hydroxyl groups excluding tert-OH is 1. The van der Waals surface area contributed by atoms with Crippen LogP contribution in [0.1, 0.15) is 30.1 Å². The number of pyridine rings is 1. The highest BCUT2D eigenvalue weighted by Gasteiger charge is 2.12. The summed E-state index contributed by atoms with van der Waals surface area (Å²) in [6, 6.07) is 7.59. The summed E-state index contributed by atoms with van der Waals surface area (Å²) in [4.78, 5) is 4.15. The van der Waals surface area contributed by atoms with E-state index in [9.17, 15) is 5.11 Å². The fourth-order valence-electron chi connectivity index (χ4n) is 1.81. The molecule has 0 saturated carbocycles. The van der Waals surface area contributed by atoms with Gasteiger partial charge in [-0.2, -0.15) is 5.10 Å². The second-order valence-corrected chi connectivity index (χ2v) is 4.08. The molecule has 1 N–H and O–H groups in total. The van der Waals surface area contributed by atoms with Crippen LogP contribution in [-0.2, 0) is 19.9 Å². The molecule has 2 aromatic heterocycles. The minimum Gasteiger partial charge on any atom is -0.386 e. The van der Waals surface area contributed by atoms with Gasteiger partial charge in [0, 0.05) is 25.4 Å². The third kappa shape index (κ3) is 2.71. The summed E-state index contributed by atoms with van der Waals surface area (Å²) in [7, 11) is 1.90. The van der Waals surface area contributed by atoms with Crippen LogP contribution < -0.4 is 0 Å². The van der Waals surface area contributed by atoms with Gasteiger partial charge in [0.05, 0.1) is 11.4 Å². The summed E-state index contributed by atoms with van der Waals surface area (Å²) in [6.45, 7) is 2.07. The van der Waals surface area contributed by atoms with Crippen molar-refractivity contribution in [1.82, 2.24) is 14.8 Å². The second-order valence-electron chi connectivity index (χ2n) is 4.08. The van der Waals surface area contributed by atoms with Crippen molar-refractivity contribution in [2.24, 2.45) is 7.05 Å². The van der Waals surface area contributed by atoms with E-state index in [1.54, 1.807) is 6.20 Å². The second kappa shape index (κ2) is 5.10. The van der Waals surface area contributed by atoms with E-state index in [1.165, 1.54) is 0 Å². The lowest BCUT2D eigenvalue weighted by atomic mass is 10.1. The van der Waals surface area contributed by atoms with Gasteiger partial charge in [-0.15, -0.1) is 0 Å². The number of rotatable bonds is 4. The molecule has 2 heterocycles. The molecule has 0 radical (unpaired) electrons. The third-order valence-electron chi connectivity index (χ3n) is 2.82. The minimum atomic E-state index is -0.573. The van der Waals surface area contributed by atoms with Gasteiger partial charge in [-0.25, -0.2) is 0 Å². The van der Waals surface area contributed by atoms with Crippen molar-refractivity contribution < 1.29 is 5.11 Å². The molecule has 1 unspecified atom stereocenters. The predicted octanol–water partition coefficient (Wildman–Crippen LogP) is 1.65. The highest BCUT2D eigenvalue weighted by atomic mass is 16.3. The maximum atomic E-state index is 10.1. The third-order valence-corrected chi connectivity index (χ3v) is 2.82. The molecule has 4 heteroatoms. The number of hydrogen-bond acceptors (Lipinski definition) is 3. The molecule has 0 spiro atoms. The number of nitrogens with zero attached hydrogens (tertiary/aromatic N) is 3. The van der Waals surface area contributed by atoms with E-state index in [-0.39, 0.29) is 0 Å². The van der Waals surface area contributed by atoms with Gasteiger partial charge in [-0.1, -0.05) is 13.0 Å². The van der Waals surface area contributed by atoms with Gasteiger partial charge >= 0.3 is 0 Å². The maximum Gasteiger partial charge on any atom is 0.101 e. The predicted molar refractivity (Wildman–Crippen MR) is 65.5 cm³/mol. The molecule has 0 aliphatic heterocycles. The summed E-state index contributed by atoms with van der Waals surface area (Å²) in [5.74, 6) is 0. The Morgan fingerprint density at radius 3 is 2.82 bits per heavy atom. The van der Waals surface area contributed by atoms with Crippen molar-refractivity contribution in [3.05, 3.63) is 47.5 Å². The monoisotopic (exact) mass is 231 g/mol. The highest BCUT2D eigenvalue weighted by Crippen LogP contribution is 2.16. The molecule has 0 aliphatic carbocycles. The minimum absolute atomic E-state index is 0.542. The Hall–Kier alpha value is -1.68. The number of aryl methyl sites for hydroxylation is 2. The fraction of sp³-hybridized carbons (Fsp3) is 0.385. The first-order chi connectivity index (χ1) is 8.20. The Balaban J connectivity index is 2.13. The van der Waals surface area contributed by atoms with Gasteiger partial charge in [0.2, 0.25) is 0 Å². The molecule has 2 rings (SSSR count). The average Bonchev–Trinajstić information content (AvgIpc) is 2.71. The van der Waals surface area contributed by atoms with E-state index in [0.29, 0.717) is 12.1 Å². The zero-order valence-corrected chi connectivity index (χ0v) is 10.2. The van der Waals surface area contributed by atoms with E-state index >= 15 is 0 Å². The molecule has 0 aliphatic rings. The van der Waals surface area contributed by atoms with Gasteiger partial charge in [0.25, 0.3) is 0 Å². The summed E-state index contributed by atoms with van der Waals surface area (Å²) in [6.07, 6.45) is 2.57. The van der Waals surface area contributed by atoms with Crippen molar-refractivity contribution in [2.45, 2.75) is 25.9 Å². The lowest BCUT2D eigenvalue weighted by molar-refractivity contribution is 0.171. The first-order valence-electron chi connectivity index (χ1n) is 5.81. The Labute approximate surface area is 101 Å². The van der Waals surface area contributed by atoms with E-state index in [1.807, 2.05) is 36.0 Å². The van der Waals surface area contributed by atoms with Crippen molar-refractivity contribution >= 4 is 0 Å². The number of aliphatic hydroxyl groups is 1. The van der Waals surface area contributed by atoms with Crippen LogP contribution in [0.5, 0.6) is 0 Å². The van der Waals surface area contributed by atoms with E-state index in [4.69, 9.17) is 0 Å². The number of aromatic nitrogens is 3. The van der Waals surface area contributed by atoms with Crippen LogP contribution in [0.4, 0.5) is 0 Å². The number of hydrogen-bond donors (Lipinski definition) is 1. The normalized spacial score (nSPS) is 12.6. The van der Waals surface area contributed by atoms with Crippen LogP contribution in [0, 0.1) is 0 Å². The molecule has 0 saturated heterocycles. The van der Waals surface area contributed by atoms with Crippen molar-refractivity contribution in [1.29, 1.82) is 0 Å². The lowest BCUT2D eigenvalue weighted by Gasteiger charge is -2.09. The molecule has 2 aromatic rings. The average molecular weight is 231 g/mol. The molecule has 4 nitrogen and oxygen atoms in total. The van der Waals surface area contributed by atoms with Gasteiger partial charge in [-0.05, 0) is 24.6 Å². The molecular weight excluding hydrogens is 214 g/mol. The van der Waals surface area contributed by atoms with Gasteiger partial charge < -0.3 is 5.11 Å². The van der Waals surface area contributed by atoms with Gasteiger partial charge in [0.1, 0.15) is 6.10 Å². The molecule has 17 heavy (non-hydrogen) atoms. The zero-order chi connectivity index (χ0) is 12.3. The van der Waals surface area contributed by atoms with Crippen LogP contribution >= 0.6 is 0 Å². The first kappa shape index (κ1) is 11.8. The van der Waals surface area contributed by atoms with Crippen molar-refractivity contribution in [3.63, 3.8) is 0 Å². The standard InChI is InChI=1S/C13H17N3O/c1-3-10-8-11(16(2)15-10)9-13(17)12-6-4-5-7-14-12/h4-8,13,17H,3,9H2,1-2H3. The molecule has 1 atom stereocenters. The van der Waals surface area contributed by atoms with E-state index in [0.717, 1.165) is 17.8 Å². The van der Waals surface area contributed by atoms with Crippen LogP contribution in [-0.4, -0.2) is 19.9 Å². The lowest BCUT2D eigenvalue weighted by Crippen LogP contribution is -2.07. The van der Waals surface area contributed by atoms with E-state index in [2.05, 4.69) is 17.0 Å². The van der Waals surface area contributed by atoms with Crippen LogP contribution in [0.2, 0.25) is 0 Å².